The zero-order valence-corrected chi connectivity index (χ0v) is 11.4. The normalized spacial score (nSPS) is 10.8. The van der Waals surface area contributed by atoms with Crippen molar-refractivity contribution in [2.75, 3.05) is 26.3 Å². The molecule has 0 atom stereocenters. The fourth-order valence-corrected chi connectivity index (χ4v) is 1.68. The predicted octanol–water partition coefficient (Wildman–Crippen LogP) is 1.30. The maximum absolute atomic E-state index is 11.4. The molecule has 0 aromatic carbocycles. The van der Waals surface area contributed by atoms with Gasteiger partial charge in [0.1, 0.15) is 0 Å². The topological polar surface area (TPSA) is 56.1 Å². The van der Waals surface area contributed by atoms with Gasteiger partial charge in [-0.05, 0) is 26.3 Å². The Morgan fingerprint density at radius 1 is 1.44 bits per heavy atom. The first kappa shape index (κ1) is 15.1. The molecule has 6 heteroatoms. The van der Waals surface area contributed by atoms with Gasteiger partial charge in [-0.25, -0.2) is 9.78 Å². The minimum atomic E-state index is -0.266. The molecule has 102 valence electrons. The Bertz CT molecular complexity index is 395. The Morgan fingerprint density at radius 2 is 2.28 bits per heavy atom. The van der Waals surface area contributed by atoms with Gasteiger partial charge in [0.05, 0.1) is 11.2 Å². The lowest BCUT2D eigenvalue weighted by atomic mass is 10.3. The second-order valence-electron chi connectivity index (χ2n) is 3.90. The average molecular weight is 274 g/mol. The Kier molecular flexibility index (Phi) is 7.64. The highest BCUT2D eigenvalue weighted by atomic mass is 35.5. The van der Waals surface area contributed by atoms with Gasteiger partial charge in [0.25, 0.3) is 0 Å². The monoisotopic (exact) mass is 273 g/mol. The van der Waals surface area contributed by atoms with Crippen LogP contribution in [0.2, 0.25) is 5.02 Å². The van der Waals surface area contributed by atoms with E-state index in [0.29, 0.717) is 11.6 Å². The number of aromatic nitrogens is 2. The number of rotatable bonds is 9. The van der Waals surface area contributed by atoms with Gasteiger partial charge < -0.3 is 10.1 Å². The Hall–Kier alpha value is -0.910. The summed E-state index contributed by atoms with van der Waals surface area (Å²) < 4.78 is 6.75. The molecule has 0 spiro atoms. The van der Waals surface area contributed by atoms with Crippen molar-refractivity contribution in [1.29, 1.82) is 0 Å². The van der Waals surface area contributed by atoms with Crippen LogP contribution in [0.4, 0.5) is 0 Å². The molecule has 0 saturated heterocycles. The molecule has 0 aliphatic heterocycles. The first-order chi connectivity index (χ1) is 8.74. The van der Waals surface area contributed by atoms with E-state index in [0.717, 1.165) is 39.1 Å². The van der Waals surface area contributed by atoms with Gasteiger partial charge in [-0.15, -0.1) is 0 Å². The summed E-state index contributed by atoms with van der Waals surface area (Å²) in [6.45, 7) is 5.83. The summed E-state index contributed by atoms with van der Waals surface area (Å²) >= 11 is 5.77. The van der Waals surface area contributed by atoms with Gasteiger partial charge in [-0.3, -0.25) is 4.57 Å². The Morgan fingerprint density at radius 3 is 3.06 bits per heavy atom. The highest BCUT2D eigenvalue weighted by Crippen LogP contribution is 2.00. The van der Waals surface area contributed by atoms with E-state index < -0.39 is 0 Å². The van der Waals surface area contributed by atoms with Crippen molar-refractivity contribution >= 4 is 11.6 Å². The second-order valence-corrected chi connectivity index (χ2v) is 4.34. The van der Waals surface area contributed by atoms with Crippen molar-refractivity contribution in [2.24, 2.45) is 0 Å². The summed E-state index contributed by atoms with van der Waals surface area (Å²) in [6, 6.07) is 0. The number of halogens is 1. The minimum Gasteiger partial charge on any atom is -0.382 e. The molecule has 1 aromatic rings. The molecular formula is C12H20ClN3O2. The molecule has 1 aromatic heterocycles. The van der Waals surface area contributed by atoms with E-state index in [4.69, 9.17) is 16.3 Å². The van der Waals surface area contributed by atoms with E-state index in [-0.39, 0.29) is 5.69 Å². The lowest BCUT2D eigenvalue weighted by Crippen LogP contribution is -2.28. The molecule has 0 saturated carbocycles. The van der Waals surface area contributed by atoms with Gasteiger partial charge in [0.2, 0.25) is 0 Å². The highest BCUT2D eigenvalue weighted by molar-refractivity contribution is 6.30. The molecule has 1 rings (SSSR count). The first-order valence-corrected chi connectivity index (χ1v) is 6.62. The van der Waals surface area contributed by atoms with E-state index >= 15 is 0 Å². The van der Waals surface area contributed by atoms with Crippen LogP contribution in [0.5, 0.6) is 0 Å². The molecule has 0 radical (unpaired) electrons. The summed E-state index contributed by atoms with van der Waals surface area (Å²) in [5, 5.41) is 3.75. The van der Waals surface area contributed by atoms with Crippen LogP contribution >= 0.6 is 11.6 Å². The molecule has 0 aliphatic rings. The van der Waals surface area contributed by atoms with Gasteiger partial charge in [0.15, 0.2) is 0 Å². The SMILES string of the molecule is CCOCCCCNCCn1cc(Cl)cnc1=O. The van der Waals surface area contributed by atoms with Gasteiger partial charge >= 0.3 is 5.69 Å². The second kappa shape index (κ2) is 9.08. The van der Waals surface area contributed by atoms with Crippen molar-refractivity contribution < 1.29 is 4.74 Å². The first-order valence-electron chi connectivity index (χ1n) is 6.24. The van der Waals surface area contributed by atoms with E-state index in [1.54, 1.807) is 6.20 Å². The number of hydrogen-bond donors (Lipinski definition) is 1. The van der Waals surface area contributed by atoms with Crippen molar-refractivity contribution in [3.63, 3.8) is 0 Å². The van der Waals surface area contributed by atoms with Crippen molar-refractivity contribution in [2.45, 2.75) is 26.3 Å². The maximum Gasteiger partial charge on any atom is 0.347 e. The number of hydrogen-bond acceptors (Lipinski definition) is 4. The van der Waals surface area contributed by atoms with Crippen LogP contribution in [-0.2, 0) is 11.3 Å². The maximum atomic E-state index is 11.4. The number of nitrogens with zero attached hydrogens (tertiary/aromatic N) is 2. The Balaban J connectivity index is 2.11. The smallest absolute Gasteiger partial charge is 0.347 e. The third-order valence-corrected chi connectivity index (χ3v) is 2.64. The molecule has 1 heterocycles. The molecule has 0 amide bonds. The summed E-state index contributed by atoms with van der Waals surface area (Å²) in [5.74, 6) is 0. The summed E-state index contributed by atoms with van der Waals surface area (Å²) in [6.07, 6.45) is 5.09. The summed E-state index contributed by atoms with van der Waals surface area (Å²) in [5.41, 5.74) is -0.266. The summed E-state index contributed by atoms with van der Waals surface area (Å²) in [7, 11) is 0. The number of ether oxygens (including phenoxy) is 1. The van der Waals surface area contributed by atoms with E-state index in [9.17, 15) is 4.79 Å². The van der Waals surface area contributed by atoms with Gasteiger partial charge in [0, 0.05) is 32.5 Å². The van der Waals surface area contributed by atoms with Crippen molar-refractivity contribution in [3.05, 3.63) is 27.9 Å². The van der Waals surface area contributed by atoms with Crippen LogP contribution in [0.1, 0.15) is 19.8 Å². The fraction of sp³-hybridized carbons (Fsp3) is 0.667. The van der Waals surface area contributed by atoms with Gasteiger partial charge in [-0.2, -0.15) is 0 Å². The highest BCUT2D eigenvalue weighted by Gasteiger charge is 1.97. The Labute approximate surface area is 112 Å². The predicted molar refractivity (Wildman–Crippen MR) is 72.1 cm³/mol. The largest absolute Gasteiger partial charge is 0.382 e. The lowest BCUT2D eigenvalue weighted by molar-refractivity contribution is 0.143. The minimum absolute atomic E-state index is 0.266. The molecule has 0 unspecified atom stereocenters. The number of nitrogens with one attached hydrogen (secondary N) is 1. The molecular weight excluding hydrogens is 254 g/mol. The van der Waals surface area contributed by atoms with Crippen LogP contribution in [0.25, 0.3) is 0 Å². The number of unbranched alkanes of at least 4 members (excludes halogenated alkanes) is 1. The molecule has 1 N–H and O–H groups in total. The zero-order valence-electron chi connectivity index (χ0n) is 10.7. The molecule has 0 bridgehead atoms. The van der Waals surface area contributed by atoms with Crippen LogP contribution in [0, 0.1) is 0 Å². The molecule has 0 aliphatic carbocycles. The van der Waals surface area contributed by atoms with Crippen molar-refractivity contribution in [1.82, 2.24) is 14.9 Å². The van der Waals surface area contributed by atoms with Crippen LogP contribution in [0.3, 0.4) is 0 Å². The lowest BCUT2D eigenvalue weighted by Gasteiger charge is -2.07. The quantitative estimate of drug-likeness (QED) is 0.689. The molecule has 0 fully saturated rings. The third-order valence-electron chi connectivity index (χ3n) is 2.45. The standard InChI is InChI=1S/C12H20ClN3O2/c1-2-18-8-4-3-5-14-6-7-16-10-11(13)9-15-12(16)17/h9-10,14H,2-8H2,1H3. The van der Waals surface area contributed by atoms with E-state index in [2.05, 4.69) is 10.3 Å². The fourth-order valence-electron chi connectivity index (χ4n) is 1.51. The van der Waals surface area contributed by atoms with Crippen LogP contribution < -0.4 is 11.0 Å². The zero-order chi connectivity index (χ0) is 13.2. The van der Waals surface area contributed by atoms with Crippen LogP contribution in [0.15, 0.2) is 17.2 Å². The molecule has 5 nitrogen and oxygen atoms in total. The average Bonchev–Trinajstić information content (AvgIpc) is 2.36. The van der Waals surface area contributed by atoms with E-state index in [1.807, 2.05) is 6.92 Å². The third kappa shape index (κ3) is 6.14. The van der Waals surface area contributed by atoms with E-state index in [1.165, 1.54) is 10.8 Å². The summed E-state index contributed by atoms with van der Waals surface area (Å²) in [4.78, 5) is 15.0. The van der Waals surface area contributed by atoms with Gasteiger partial charge in [-0.1, -0.05) is 11.6 Å². The van der Waals surface area contributed by atoms with Crippen molar-refractivity contribution in [3.8, 4) is 0 Å². The van der Waals surface area contributed by atoms with Crippen LogP contribution in [-0.4, -0.2) is 35.9 Å². The molecule has 18 heavy (non-hydrogen) atoms.